The third kappa shape index (κ3) is 2.79. The topological polar surface area (TPSA) is 65.8 Å². The molecule has 0 radical (unpaired) electrons. The number of pyridine rings is 1. The van der Waals surface area contributed by atoms with Crippen LogP contribution in [0.1, 0.15) is 57.4 Å². The van der Waals surface area contributed by atoms with E-state index in [0.717, 1.165) is 16.5 Å². The van der Waals surface area contributed by atoms with Gasteiger partial charge in [-0.25, -0.2) is 8.78 Å². The fraction of sp³-hybridized carbons (Fsp3) is 0.633. The van der Waals surface area contributed by atoms with Crippen molar-refractivity contribution < 1.29 is 23.7 Å². The van der Waals surface area contributed by atoms with Crippen LogP contribution in [0.25, 0.3) is 16.5 Å². The first-order chi connectivity index (χ1) is 17.5. The fourth-order valence-electron chi connectivity index (χ4n) is 9.22. The number of allylic oxidation sites excluding steroid dienone is 2. The summed E-state index contributed by atoms with van der Waals surface area (Å²) < 4.78 is 41.0. The van der Waals surface area contributed by atoms with Crippen LogP contribution in [-0.4, -0.2) is 75.0 Å². The van der Waals surface area contributed by atoms with Crippen molar-refractivity contribution in [3.63, 3.8) is 0 Å². The van der Waals surface area contributed by atoms with Crippen LogP contribution in [0, 0.1) is 11.3 Å². The molecule has 9 unspecified atom stereocenters. The van der Waals surface area contributed by atoms with E-state index in [1.165, 1.54) is 5.57 Å². The van der Waals surface area contributed by atoms with E-state index < -0.39 is 47.2 Å². The predicted molar refractivity (Wildman–Crippen MR) is 137 cm³/mol. The van der Waals surface area contributed by atoms with Gasteiger partial charge in [-0.2, -0.15) is 0 Å². The normalized spacial score (nSPS) is 48.5. The van der Waals surface area contributed by atoms with Gasteiger partial charge in [0.05, 0.1) is 11.6 Å². The molecule has 0 amide bonds. The smallest absolute Gasteiger partial charge is 0.171 e. The Labute approximate surface area is 216 Å². The van der Waals surface area contributed by atoms with Gasteiger partial charge in [0.1, 0.15) is 23.0 Å². The number of hydrogen-bond acceptors (Lipinski definition) is 5. The van der Waals surface area contributed by atoms with Crippen LogP contribution in [0.4, 0.5) is 8.78 Å². The molecule has 1 aromatic heterocycles. The van der Waals surface area contributed by atoms with Crippen molar-refractivity contribution >= 4 is 16.5 Å². The Balaban J connectivity index is 1.29. The first kappa shape index (κ1) is 24.1. The van der Waals surface area contributed by atoms with Crippen molar-refractivity contribution in [2.75, 3.05) is 14.1 Å². The molecule has 2 aliphatic heterocycles. The Morgan fingerprint density at radius 2 is 1.89 bits per heavy atom. The summed E-state index contributed by atoms with van der Waals surface area (Å²) in [5.74, 6) is -0.121. The summed E-state index contributed by atoms with van der Waals surface area (Å²) in [7, 11) is 3.64. The maximum Gasteiger partial charge on any atom is 0.171 e. The number of likely N-dealkylation sites (N-methyl/N-ethyl adjacent to an activating group) is 1. The Hall–Kier alpha value is -1.93. The number of rotatable bonds is 2. The van der Waals surface area contributed by atoms with Crippen LogP contribution in [0.5, 0.6) is 0 Å². The molecule has 37 heavy (non-hydrogen) atoms. The highest BCUT2D eigenvalue weighted by Gasteiger charge is 2.82. The standard InChI is InChI=1S/C30H36F2N2O3/c1-26-10-11-27(31)17-29(32)25(36)24(35)22(34(2)3)16-28(29)12-13-30(27,37-28)23(26)9-7-20(26)18-6-8-21-19(15-18)5-4-14-33-21/h4-8,14-15,22-25,35-36H,9-13,16-17H2,1-3H3. The minimum Gasteiger partial charge on any atom is -0.389 e. The number of ether oxygens (including phenoxy) is 1. The zero-order valence-corrected chi connectivity index (χ0v) is 21.8. The zero-order valence-electron chi connectivity index (χ0n) is 21.8. The molecule has 9 atom stereocenters. The van der Waals surface area contributed by atoms with Gasteiger partial charge >= 0.3 is 0 Å². The average Bonchev–Trinajstić information content (AvgIpc) is 3.42. The molecule has 2 bridgehead atoms. The van der Waals surface area contributed by atoms with Crippen LogP contribution in [0.3, 0.4) is 0 Å². The second-order valence-corrected chi connectivity index (χ2v) is 12.9. The molecule has 198 valence electrons. The Bertz CT molecular complexity index is 1320. The Kier molecular flexibility index (Phi) is 4.81. The van der Waals surface area contributed by atoms with Gasteiger partial charge in [-0.1, -0.05) is 25.1 Å². The summed E-state index contributed by atoms with van der Waals surface area (Å²) in [6.07, 6.45) is 3.11. The van der Waals surface area contributed by atoms with Gasteiger partial charge in [0.2, 0.25) is 0 Å². The molecular formula is C30H36F2N2O3. The number of aliphatic hydroxyl groups excluding tert-OH is 2. The Morgan fingerprint density at radius 3 is 2.68 bits per heavy atom. The lowest BCUT2D eigenvalue weighted by atomic mass is 9.51. The largest absolute Gasteiger partial charge is 0.389 e. The number of aromatic nitrogens is 1. The van der Waals surface area contributed by atoms with E-state index in [4.69, 9.17) is 4.74 Å². The highest BCUT2D eigenvalue weighted by atomic mass is 19.2. The van der Waals surface area contributed by atoms with Crippen molar-refractivity contribution in [1.82, 2.24) is 9.88 Å². The molecule has 7 rings (SSSR count). The van der Waals surface area contributed by atoms with Crippen molar-refractivity contribution in [1.29, 1.82) is 0 Å². The highest BCUT2D eigenvalue weighted by molar-refractivity contribution is 5.85. The molecule has 5 aliphatic rings. The van der Waals surface area contributed by atoms with Crippen molar-refractivity contribution in [2.45, 2.75) is 92.7 Å². The van der Waals surface area contributed by atoms with Crippen LogP contribution in [0.2, 0.25) is 0 Å². The first-order valence-corrected chi connectivity index (χ1v) is 13.7. The minimum atomic E-state index is -2.32. The Morgan fingerprint density at radius 1 is 1.08 bits per heavy atom. The SMILES string of the molecule is CN(C)C1CC23CCC4(O2)C2CC=C(c5ccc6ncccc6c5)C2(C)CCC4(F)CC3(F)C(O)C1O. The molecule has 4 fully saturated rings. The number of fused-ring (bicyclic) bond motifs is 2. The zero-order chi connectivity index (χ0) is 26.0. The van der Waals surface area contributed by atoms with Crippen LogP contribution >= 0.6 is 0 Å². The number of halogens is 2. The van der Waals surface area contributed by atoms with Crippen molar-refractivity contribution in [2.24, 2.45) is 11.3 Å². The lowest BCUT2D eigenvalue weighted by Crippen LogP contribution is -2.78. The first-order valence-electron chi connectivity index (χ1n) is 13.7. The van der Waals surface area contributed by atoms with Crippen LogP contribution in [-0.2, 0) is 4.74 Å². The maximum absolute atomic E-state index is 17.2. The van der Waals surface area contributed by atoms with Gasteiger partial charge in [-0.05, 0) is 87.4 Å². The molecule has 2 spiro atoms. The van der Waals surface area contributed by atoms with Gasteiger partial charge in [0.25, 0.3) is 0 Å². The van der Waals surface area contributed by atoms with E-state index in [0.29, 0.717) is 25.7 Å². The monoisotopic (exact) mass is 510 g/mol. The van der Waals surface area contributed by atoms with E-state index in [9.17, 15) is 10.2 Å². The quantitative estimate of drug-likeness (QED) is 0.618. The van der Waals surface area contributed by atoms with Crippen molar-refractivity contribution in [3.8, 4) is 0 Å². The van der Waals surface area contributed by atoms with Gasteiger partial charge in [-0.15, -0.1) is 0 Å². The second-order valence-electron chi connectivity index (χ2n) is 12.9. The molecule has 3 aliphatic carbocycles. The molecule has 7 heteroatoms. The number of hydrogen-bond donors (Lipinski definition) is 2. The third-order valence-electron chi connectivity index (χ3n) is 11.2. The number of alkyl halides is 2. The molecule has 5 nitrogen and oxygen atoms in total. The molecule has 2 aromatic rings. The van der Waals surface area contributed by atoms with E-state index in [-0.39, 0.29) is 24.2 Å². The minimum absolute atomic E-state index is 0.121. The van der Waals surface area contributed by atoms with Gasteiger partial charge in [-0.3, -0.25) is 4.98 Å². The summed E-state index contributed by atoms with van der Waals surface area (Å²) >= 11 is 0. The highest BCUT2D eigenvalue weighted by Crippen LogP contribution is 2.74. The number of nitrogens with zero attached hydrogens (tertiary/aromatic N) is 2. The second kappa shape index (κ2) is 7.38. The number of aliphatic hydroxyl groups is 2. The van der Waals surface area contributed by atoms with Gasteiger partial charge in [0.15, 0.2) is 5.67 Å². The van der Waals surface area contributed by atoms with E-state index in [2.05, 4.69) is 36.2 Å². The van der Waals surface area contributed by atoms with Crippen LogP contribution in [0.15, 0.2) is 42.6 Å². The fourth-order valence-corrected chi connectivity index (χ4v) is 9.22. The van der Waals surface area contributed by atoms with Crippen LogP contribution < -0.4 is 0 Å². The summed E-state index contributed by atoms with van der Waals surface area (Å²) in [6, 6.07) is 9.85. The molecule has 2 N–H and O–H groups in total. The molecule has 2 saturated heterocycles. The molecule has 3 heterocycles. The van der Waals surface area contributed by atoms with E-state index >= 15 is 8.78 Å². The third-order valence-corrected chi connectivity index (χ3v) is 11.2. The molecule has 2 saturated carbocycles. The van der Waals surface area contributed by atoms with Gasteiger partial charge < -0.3 is 19.8 Å². The van der Waals surface area contributed by atoms with Crippen molar-refractivity contribution in [3.05, 3.63) is 48.2 Å². The number of benzene rings is 1. The summed E-state index contributed by atoms with van der Waals surface area (Å²) in [5, 5.41) is 23.0. The maximum atomic E-state index is 17.2. The molecular weight excluding hydrogens is 474 g/mol. The molecule has 1 aromatic carbocycles. The van der Waals surface area contributed by atoms with Gasteiger partial charge in [0, 0.05) is 30.0 Å². The summed E-state index contributed by atoms with van der Waals surface area (Å²) in [5.41, 5.74) is -3.64. The summed E-state index contributed by atoms with van der Waals surface area (Å²) in [4.78, 5) is 6.27. The van der Waals surface area contributed by atoms with E-state index in [1.54, 1.807) is 6.20 Å². The lowest BCUT2D eigenvalue weighted by molar-refractivity contribution is -0.347. The average molecular weight is 511 g/mol. The van der Waals surface area contributed by atoms with E-state index in [1.807, 2.05) is 31.1 Å². The lowest BCUT2D eigenvalue weighted by Gasteiger charge is -2.65. The summed E-state index contributed by atoms with van der Waals surface area (Å²) in [6.45, 7) is 2.23. The predicted octanol–water partition coefficient (Wildman–Crippen LogP) is 4.60.